The molecular weight excluding hydrogens is 206 g/mol. The molecule has 1 aliphatic heterocycles. The zero-order valence-corrected chi connectivity index (χ0v) is 10.1. The lowest BCUT2D eigenvalue weighted by Crippen LogP contribution is -2.48. The predicted octanol–water partition coefficient (Wildman–Crippen LogP) is 3.72. The molecule has 2 heteroatoms. The van der Waals surface area contributed by atoms with Crippen molar-refractivity contribution in [2.45, 2.75) is 44.7 Å². The summed E-state index contributed by atoms with van der Waals surface area (Å²) in [5, 5.41) is 4.51. The van der Waals surface area contributed by atoms with Gasteiger partial charge in [0.05, 0.1) is 0 Å². The molecule has 2 unspecified atom stereocenters. The third-order valence-corrected chi connectivity index (χ3v) is 3.58. The van der Waals surface area contributed by atoms with E-state index < -0.39 is 0 Å². The molecule has 2 atom stereocenters. The van der Waals surface area contributed by atoms with Gasteiger partial charge in [0, 0.05) is 16.6 Å². The first-order valence-corrected chi connectivity index (χ1v) is 6.02. The Morgan fingerprint density at radius 1 is 1.47 bits per heavy atom. The normalized spacial score (nSPS) is 31.5. The maximum Gasteiger partial charge on any atom is 0.0409 e. The molecule has 1 N–H and O–H groups in total. The van der Waals surface area contributed by atoms with Crippen molar-refractivity contribution >= 4 is 11.6 Å². The van der Waals surface area contributed by atoms with Crippen LogP contribution in [0.4, 0.5) is 0 Å². The quantitative estimate of drug-likeness (QED) is 0.765. The second-order valence-electron chi connectivity index (χ2n) is 4.78. The summed E-state index contributed by atoms with van der Waals surface area (Å²) in [5.41, 5.74) is 1.41. The van der Waals surface area contributed by atoms with Crippen LogP contribution in [0.25, 0.3) is 0 Å². The Morgan fingerprint density at radius 2 is 2.27 bits per heavy atom. The molecule has 0 bridgehead atoms. The van der Waals surface area contributed by atoms with Gasteiger partial charge in [0.15, 0.2) is 0 Å². The summed E-state index contributed by atoms with van der Waals surface area (Å²) in [5.74, 6) is 0. The lowest BCUT2D eigenvalue weighted by atomic mass is 9.82. The first-order valence-electron chi connectivity index (χ1n) is 5.64. The van der Waals surface area contributed by atoms with Gasteiger partial charge in [-0.1, -0.05) is 23.7 Å². The van der Waals surface area contributed by atoms with E-state index in [0.29, 0.717) is 6.04 Å². The molecular formula is C13H18ClN. The number of halogens is 1. The number of rotatable bonds is 1. The molecule has 1 aliphatic rings. The molecule has 1 saturated heterocycles. The van der Waals surface area contributed by atoms with E-state index in [1.165, 1.54) is 24.8 Å². The van der Waals surface area contributed by atoms with E-state index in [1.54, 1.807) is 0 Å². The predicted molar refractivity (Wildman–Crippen MR) is 65.3 cm³/mol. The van der Waals surface area contributed by atoms with E-state index in [0.717, 1.165) is 5.02 Å². The second kappa shape index (κ2) is 4.15. The van der Waals surface area contributed by atoms with Gasteiger partial charge in [-0.3, -0.25) is 0 Å². The Hall–Kier alpha value is -0.530. The van der Waals surface area contributed by atoms with Crippen molar-refractivity contribution in [3.63, 3.8) is 0 Å². The fourth-order valence-corrected chi connectivity index (χ4v) is 2.70. The largest absolute Gasteiger partial charge is 0.305 e. The second-order valence-corrected chi connectivity index (χ2v) is 5.22. The van der Waals surface area contributed by atoms with Crippen LogP contribution in [-0.4, -0.2) is 6.04 Å². The van der Waals surface area contributed by atoms with Crippen molar-refractivity contribution < 1.29 is 0 Å². The number of hydrogen-bond donors (Lipinski definition) is 1. The van der Waals surface area contributed by atoms with Crippen LogP contribution < -0.4 is 5.32 Å². The molecule has 0 saturated carbocycles. The highest BCUT2D eigenvalue weighted by molar-refractivity contribution is 6.30. The molecule has 82 valence electrons. The third kappa shape index (κ3) is 2.35. The molecule has 2 rings (SSSR count). The van der Waals surface area contributed by atoms with Gasteiger partial charge < -0.3 is 5.32 Å². The highest BCUT2D eigenvalue weighted by Crippen LogP contribution is 2.32. The Balaban J connectivity index is 2.28. The first-order chi connectivity index (χ1) is 7.10. The van der Waals surface area contributed by atoms with E-state index in [-0.39, 0.29) is 5.54 Å². The zero-order chi connectivity index (χ0) is 10.9. The molecule has 15 heavy (non-hydrogen) atoms. The van der Waals surface area contributed by atoms with E-state index in [9.17, 15) is 0 Å². The van der Waals surface area contributed by atoms with Crippen LogP contribution in [0.2, 0.25) is 5.02 Å². The third-order valence-electron chi connectivity index (χ3n) is 3.34. The van der Waals surface area contributed by atoms with Gasteiger partial charge in [-0.15, -0.1) is 0 Å². The number of nitrogens with one attached hydrogen (secondary N) is 1. The molecule has 0 spiro atoms. The number of piperidine rings is 1. The van der Waals surface area contributed by atoms with Crippen molar-refractivity contribution in [1.82, 2.24) is 5.32 Å². The van der Waals surface area contributed by atoms with Gasteiger partial charge in [-0.25, -0.2) is 0 Å². The van der Waals surface area contributed by atoms with Gasteiger partial charge in [-0.05, 0) is 50.8 Å². The highest BCUT2D eigenvalue weighted by Gasteiger charge is 2.31. The van der Waals surface area contributed by atoms with Gasteiger partial charge in [0.25, 0.3) is 0 Å². The van der Waals surface area contributed by atoms with E-state index >= 15 is 0 Å². The topological polar surface area (TPSA) is 12.0 Å². The molecule has 0 aromatic heterocycles. The molecule has 0 amide bonds. The molecule has 1 aromatic rings. The molecule has 0 aliphatic carbocycles. The fraction of sp³-hybridized carbons (Fsp3) is 0.538. The Kier molecular flexibility index (Phi) is 3.03. The minimum atomic E-state index is 0.0998. The minimum absolute atomic E-state index is 0.0998. The zero-order valence-electron chi connectivity index (χ0n) is 9.39. The van der Waals surface area contributed by atoms with Crippen LogP contribution in [-0.2, 0) is 5.54 Å². The summed E-state index contributed by atoms with van der Waals surface area (Å²) >= 11 is 6.03. The van der Waals surface area contributed by atoms with Crippen LogP contribution >= 0.6 is 11.6 Å². The van der Waals surface area contributed by atoms with Gasteiger partial charge in [0.1, 0.15) is 0 Å². The van der Waals surface area contributed by atoms with E-state index in [1.807, 2.05) is 12.1 Å². The SMILES string of the molecule is CC1CCCC(C)(c2cccc(Cl)c2)N1. The summed E-state index contributed by atoms with van der Waals surface area (Å²) < 4.78 is 0. The van der Waals surface area contributed by atoms with Crippen molar-refractivity contribution in [2.24, 2.45) is 0 Å². The maximum absolute atomic E-state index is 6.03. The average molecular weight is 224 g/mol. The monoisotopic (exact) mass is 223 g/mol. The summed E-state index contributed by atoms with van der Waals surface area (Å²) in [4.78, 5) is 0. The number of benzene rings is 1. The average Bonchev–Trinajstić information content (AvgIpc) is 2.17. The minimum Gasteiger partial charge on any atom is -0.305 e. The summed E-state index contributed by atoms with van der Waals surface area (Å²) in [6.07, 6.45) is 3.75. The van der Waals surface area contributed by atoms with Crippen LogP contribution in [0.1, 0.15) is 38.7 Å². The maximum atomic E-state index is 6.03. The highest BCUT2D eigenvalue weighted by atomic mass is 35.5. The van der Waals surface area contributed by atoms with Crippen LogP contribution in [0.15, 0.2) is 24.3 Å². The molecule has 0 radical (unpaired) electrons. The molecule has 1 aromatic carbocycles. The van der Waals surface area contributed by atoms with E-state index in [2.05, 4.69) is 31.3 Å². The van der Waals surface area contributed by atoms with Crippen molar-refractivity contribution in [1.29, 1.82) is 0 Å². The van der Waals surface area contributed by atoms with Crippen molar-refractivity contribution in [3.05, 3.63) is 34.9 Å². The van der Waals surface area contributed by atoms with Crippen LogP contribution in [0.5, 0.6) is 0 Å². The fourth-order valence-electron chi connectivity index (χ4n) is 2.51. The van der Waals surface area contributed by atoms with Gasteiger partial charge in [-0.2, -0.15) is 0 Å². The number of hydrogen-bond acceptors (Lipinski definition) is 1. The molecule has 1 fully saturated rings. The van der Waals surface area contributed by atoms with Gasteiger partial charge in [0.2, 0.25) is 0 Å². The lowest BCUT2D eigenvalue weighted by molar-refractivity contribution is 0.236. The van der Waals surface area contributed by atoms with Crippen LogP contribution in [0.3, 0.4) is 0 Å². The Labute approximate surface area is 96.8 Å². The lowest BCUT2D eigenvalue weighted by Gasteiger charge is -2.39. The Morgan fingerprint density at radius 3 is 2.93 bits per heavy atom. The standard InChI is InChI=1S/C13H18ClN/c1-10-5-4-8-13(2,15-10)11-6-3-7-12(14)9-11/h3,6-7,9-10,15H,4-5,8H2,1-2H3. The summed E-state index contributed by atoms with van der Waals surface area (Å²) in [6, 6.07) is 8.80. The Bertz CT molecular complexity index is 350. The molecule has 1 nitrogen and oxygen atoms in total. The summed E-state index contributed by atoms with van der Waals surface area (Å²) in [7, 11) is 0. The van der Waals surface area contributed by atoms with Gasteiger partial charge >= 0.3 is 0 Å². The smallest absolute Gasteiger partial charge is 0.0409 e. The van der Waals surface area contributed by atoms with Crippen molar-refractivity contribution in [3.8, 4) is 0 Å². The summed E-state index contributed by atoms with van der Waals surface area (Å²) in [6.45, 7) is 4.52. The van der Waals surface area contributed by atoms with E-state index in [4.69, 9.17) is 11.6 Å². The molecule has 1 heterocycles. The first kappa shape index (κ1) is 11.0. The van der Waals surface area contributed by atoms with Crippen LogP contribution in [0, 0.1) is 0 Å². The van der Waals surface area contributed by atoms with Crippen molar-refractivity contribution in [2.75, 3.05) is 0 Å².